The number of sulfone groups is 1. The number of non-ortho nitro benzene ring substituents is 1. The van der Waals surface area contributed by atoms with Gasteiger partial charge in [0.1, 0.15) is 0 Å². The molecule has 0 saturated carbocycles. The molecule has 1 aliphatic rings. The zero-order chi connectivity index (χ0) is 14.0. The van der Waals surface area contributed by atoms with Crippen molar-refractivity contribution < 1.29 is 13.3 Å². The average molecular weight is 341 g/mol. The molecule has 1 atom stereocenters. The minimum absolute atomic E-state index is 0. The summed E-state index contributed by atoms with van der Waals surface area (Å²) in [5, 5.41) is 13.3. The van der Waals surface area contributed by atoms with Crippen LogP contribution in [0.1, 0.15) is 12.8 Å². The van der Waals surface area contributed by atoms with Crippen LogP contribution in [0.5, 0.6) is 0 Å². The molecule has 112 valence electrons. The van der Waals surface area contributed by atoms with Crippen LogP contribution >= 0.6 is 24.0 Å². The largest absolute Gasteiger partial charge is 0.315 e. The molecular weight excluding hydrogens is 327 g/mol. The smallest absolute Gasteiger partial charge is 0.272 e. The van der Waals surface area contributed by atoms with Crippen LogP contribution in [0.25, 0.3) is 0 Å². The predicted molar refractivity (Wildman–Crippen MR) is 78.4 cm³/mol. The molecule has 1 heterocycles. The Bertz CT molecular complexity index is 600. The first-order valence-electron chi connectivity index (χ1n) is 5.81. The molecule has 6 nitrogen and oxygen atoms in total. The van der Waals surface area contributed by atoms with E-state index in [-0.39, 0.29) is 28.0 Å². The standard InChI is InChI=1S/C11H13ClN2O4S.ClH/c12-8-4-9(14(15)16)6-11(5-8)19(17,18)10-2-1-3-13-7-10;/h4-6,10,13H,1-3,7H2;1H. The average Bonchev–Trinajstić information content (AvgIpc) is 2.39. The maximum Gasteiger partial charge on any atom is 0.272 e. The van der Waals surface area contributed by atoms with Gasteiger partial charge in [0.25, 0.3) is 5.69 Å². The van der Waals surface area contributed by atoms with E-state index in [0.717, 1.165) is 25.1 Å². The lowest BCUT2D eigenvalue weighted by Crippen LogP contribution is -2.38. The molecule has 9 heteroatoms. The molecule has 0 radical (unpaired) electrons. The predicted octanol–water partition coefficient (Wildman–Crippen LogP) is 2.20. The molecule has 1 N–H and O–H groups in total. The highest BCUT2D eigenvalue weighted by Crippen LogP contribution is 2.28. The van der Waals surface area contributed by atoms with E-state index in [9.17, 15) is 18.5 Å². The Balaban J connectivity index is 0.00000200. The van der Waals surface area contributed by atoms with Crippen molar-refractivity contribution in [2.24, 2.45) is 0 Å². The van der Waals surface area contributed by atoms with Crippen LogP contribution in [0.15, 0.2) is 23.1 Å². The number of rotatable bonds is 3. The van der Waals surface area contributed by atoms with Crippen molar-refractivity contribution in [2.45, 2.75) is 23.0 Å². The lowest BCUT2D eigenvalue weighted by Gasteiger charge is -2.22. The first-order valence-corrected chi connectivity index (χ1v) is 7.73. The van der Waals surface area contributed by atoms with E-state index >= 15 is 0 Å². The van der Waals surface area contributed by atoms with E-state index in [1.54, 1.807) is 0 Å². The summed E-state index contributed by atoms with van der Waals surface area (Å²) < 4.78 is 24.8. The quantitative estimate of drug-likeness (QED) is 0.672. The van der Waals surface area contributed by atoms with Gasteiger partial charge in [-0.1, -0.05) is 11.6 Å². The first-order chi connectivity index (χ1) is 8.91. The summed E-state index contributed by atoms with van der Waals surface area (Å²) in [4.78, 5) is 10.0. The van der Waals surface area contributed by atoms with Gasteiger partial charge in [-0.05, 0) is 25.5 Å². The zero-order valence-corrected chi connectivity index (χ0v) is 12.8. The van der Waals surface area contributed by atoms with Gasteiger partial charge < -0.3 is 5.32 Å². The summed E-state index contributed by atoms with van der Waals surface area (Å²) in [5.74, 6) is 0. The van der Waals surface area contributed by atoms with Crippen LogP contribution in [0.2, 0.25) is 5.02 Å². The summed E-state index contributed by atoms with van der Waals surface area (Å²) in [7, 11) is -3.59. The van der Waals surface area contributed by atoms with Crippen molar-refractivity contribution in [3.63, 3.8) is 0 Å². The Morgan fingerprint density at radius 2 is 2.05 bits per heavy atom. The molecule has 1 fully saturated rings. The van der Waals surface area contributed by atoms with Gasteiger partial charge in [-0.15, -0.1) is 12.4 Å². The van der Waals surface area contributed by atoms with Gasteiger partial charge in [0.2, 0.25) is 0 Å². The first kappa shape index (κ1) is 17.2. The summed E-state index contributed by atoms with van der Waals surface area (Å²) in [6.07, 6.45) is 1.32. The Hall–Kier alpha value is -0.890. The van der Waals surface area contributed by atoms with Crippen LogP contribution in [0.3, 0.4) is 0 Å². The molecule has 2 rings (SSSR count). The highest BCUT2D eigenvalue weighted by molar-refractivity contribution is 7.92. The van der Waals surface area contributed by atoms with Gasteiger partial charge in [0.05, 0.1) is 15.1 Å². The van der Waals surface area contributed by atoms with Gasteiger partial charge in [-0.3, -0.25) is 10.1 Å². The number of hydrogen-bond acceptors (Lipinski definition) is 5. The Kier molecular flexibility index (Phi) is 5.76. The second kappa shape index (κ2) is 6.71. The molecule has 1 aromatic rings. The van der Waals surface area contributed by atoms with Gasteiger partial charge in [0, 0.05) is 23.7 Å². The number of nitro benzene ring substituents is 1. The van der Waals surface area contributed by atoms with Gasteiger partial charge in [-0.2, -0.15) is 0 Å². The molecule has 1 aliphatic heterocycles. The molecule has 0 amide bonds. The number of hydrogen-bond donors (Lipinski definition) is 1. The highest BCUT2D eigenvalue weighted by atomic mass is 35.5. The minimum Gasteiger partial charge on any atom is -0.315 e. The number of nitrogens with zero attached hydrogens (tertiary/aromatic N) is 1. The minimum atomic E-state index is -3.59. The van der Waals surface area contributed by atoms with E-state index in [1.807, 2.05) is 0 Å². The third-order valence-corrected chi connectivity index (χ3v) is 5.48. The molecule has 0 spiro atoms. The van der Waals surface area contributed by atoms with Crippen LogP contribution in [0, 0.1) is 10.1 Å². The third kappa shape index (κ3) is 3.60. The van der Waals surface area contributed by atoms with Crippen LogP contribution in [-0.4, -0.2) is 31.7 Å². The van der Waals surface area contributed by atoms with E-state index in [2.05, 4.69) is 5.32 Å². The fraction of sp³-hybridized carbons (Fsp3) is 0.455. The zero-order valence-electron chi connectivity index (χ0n) is 10.4. The second-order valence-electron chi connectivity index (χ2n) is 4.42. The van der Waals surface area contributed by atoms with Crippen molar-refractivity contribution in [1.29, 1.82) is 0 Å². The van der Waals surface area contributed by atoms with Gasteiger partial charge in [-0.25, -0.2) is 8.42 Å². The highest BCUT2D eigenvalue weighted by Gasteiger charge is 2.30. The summed E-state index contributed by atoms with van der Waals surface area (Å²) in [6.45, 7) is 1.16. The van der Waals surface area contributed by atoms with E-state index in [1.165, 1.54) is 6.07 Å². The van der Waals surface area contributed by atoms with Crippen molar-refractivity contribution in [1.82, 2.24) is 5.32 Å². The lowest BCUT2D eigenvalue weighted by atomic mass is 10.2. The molecule has 0 aromatic heterocycles. The number of piperidine rings is 1. The van der Waals surface area contributed by atoms with Crippen molar-refractivity contribution in [3.8, 4) is 0 Å². The molecule has 1 aromatic carbocycles. The molecule has 20 heavy (non-hydrogen) atoms. The van der Waals surface area contributed by atoms with Crippen LogP contribution < -0.4 is 5.32 Å². The van der Waals surface area contributed by atoms with Gasteiger partial charge >= 0.3 is 0 Å². The van der Waals surface area contributed by atoms with Crippen molar-refractivity contribution >= 4 is 39.5 Å². The Morgan fingerprint density at radius 1 is 1.35 bits per heavy atom. The van der Waals surface area contributed by atoms with E-state index in [4.69, 9.17) is 11.6 Å². The summed E-state index contributed by atoms with van der Waals surface area (Å²) >= 11 is 5.75. The topological polar surface area (TPSA) is 89.3 Å². The molecular formula is C11H14Cl2N2O4S. The summed E-state index contributed by atoms with van der Waals surface area (Å²) in [6, 6.07) is 3.47. The molecule has 1 unspecified atom stereocenters. The van der Waals surface area contributed by atoms with Crippen molar-refractivity contribution in [2.75, 3.05) is 13.1 Å². The normalized spacial score (nSPS) is 19.1. The summed E-state index contributed by atoms with van der Waals surface area (Å²) in [5.41, 5.74) is -0.310. The van der Waals surface area contributed by atoms with E-state index < -0.39 is 20.0 Å². The molecule has 0 aliphatic carbocycles. The van der Waals surface area contributed by atoms with Crippen LogP contribution in [0.4, 0.5) is 5.69 Å². The second-order valence-corrected chi connectivity index (χ2v) is 7.08. The van der Waals surface area contributed by atoms with E-state index in [0.29, 0.717) is 13.0 Å². The SMILES string of the molecule is Cl.O=[N+]([O-])c1cc(Cl)cc(S(=O)(=O)C2CCCNC2)c1. The van der Waals surface area contributed by atoms with Gasteiger partial charge in [0.15, 0.2) is 9.84 Å². The fourth-order valence-corrected chi connectivity index (χ4v) is 4.16. The number of nitrogens with one attached hydrogen (secondary N) is 1. The maximum absolute atomic E-state index is 12.4. The fourth-order valence-electron chi connectivity index (χ4n) is 2.09. The molecule has 0 bridgehead atoms. The Morgan fingerprint density at radius 3 is 2.60 bits per heavy atom. The number of halogens is 2. The number of benzene rings is 1. The lowest BCUT2D eigenvalue weighted by molar-refractivity contribution is -0.385. The van der Waals surface area contributed by atoms with Crippen molar-refractivity contribution in [3.05, 3.63) is 33.3 Å². The third-order valence-electron chi connectivity index (χ3n) is 3.09. The maximum atomic E-state index is 12.4. The molecule has 1 saturated heterocycles. The monoisotopic (exact) mass is 340 g/mol. The number of nitro groups is 1. The van der Waals surface area contributed by atoms with Crippen LogP contribution in [-0.2, 0) is 9.84 Å². The Labute approximate surface area is 128 Å².